The molecule has 1 amide bonds. The molecule has 63 heavy (non-hydrogen) atoms. The molecule has 3 saturated heterocycles. The average Bonchev–Trinajstić information content (AvgIpc) is 3.28. The van der Waals surface area contributed by atoms with Gasteiger partial charge >= 0.3 is 0 Å². The minimum absolute atomic E-state index is 0.244. The largest absolute Gasteiger partial charge is 0.394 e. The third kappa shape index (κ3) is 17.9. The van der Waals surface area contributed by atoms with Crippen LogP contribution in [0.25, 0.3) is 0 Å². The molecule has 0 bridgehead atoms. The maximum Gasteiger partial charge on any atom is 0.220 e. The zero-order valence-corrected chi connectivity index (χ0v) is 37.3. The smallest absolute Gasteiger partial charge is 0.220 e. The van der Waals surface area contributed by atoms with Gasteiger partial charge in [0, 0.05) is 6.42 Å². The summed E-state index contributed by atoms with van der Waals surface area (Å²) in [6, 6.07) is -0.961. The van der Waals surface area contributed by atoms with Crippen LogP contribution in [0.4, 0.5) is 0 Å². The Labute approximate surface area is 372 Å². The normalized spacial score (nSPS) is 34.9. The van der Waals surface area contributed by atoms with Gasteiger partial charge in [-0.15, -0.1) is 0 Å². The van der Waals surface area contributed by atoms with Gasteiger partial charge < -0.3 is 89.9 Å². The first-order valence-electron chi connectivity index (χ1n) is 23.4. The van der Waals surface area contributed by atoms with E-state index < -0.39 is 124 Å². The first-order valence-corrected chi connectivity index (χ1v) is 23.4. The molecule has 19 heteroatoms. The molecular weight excluding hydrogens is 830 g/mol. The Kier molecular flexibility index (Phi) is 27.3. The van der Waals surface area contributed by atoms with Crippen LogP contribution in [0.15, 0.2) is 12.2 Å². The van der Waals surface area contributed by atoms with Crippen molar-refractivity contribution in [3.8, 4) is 0 Å². The molecule has 3 heterocycles. The van der Waals surface area contributed by atoms with Crippen molar-refractivity contribution in [3.05, 3.63) is 12.2 Å². The third-order valence-electron chi connectivity index (χ3n) is 12.1. The molecule has 0 radical (unpaired) electrons. The second kappa shape index (κ2) is 30.7. The van der Waals surface area contributed by atoms with Crippen molar-refractivity contribution < 1.29 is 89.4 Å². The van der Waals surface area contributed by atoms with Gasteiger partial charge in [-0.05, 0) is 19.3 Å². The molecule has 3 fully saturated rings. The minimum atomic E-state index is -1.97. The molecule has 0 saturated carbocycles. The minimum Gasteiger partial charge on any atom is -0.394 e. The maximum atomic E-state index is 13.0. The van der Waals surface area contributed by atoms with E-state index in [2.05, 4.69) is 19.2 Å². The lowest BCUT2D eigenvalue weighted by molar-refractivity contribution is -0.379. The summed E-state index contributed by atoms with van der Waals surface area (Å²) in [5, 5.41) is 119. The fraction of sp³-hybridized carbons (Fsp3) is 0.932. The van der Waals surface area contributed by atoms with Gasteiger partial charge in [-0.25, -0.2) is 0 Å². The highest BCUT2D eigenvalue weighted by atomic mass is 16.8. The predicted octanol–water partition coefficient (Wildman–Crippen LogP) is -0.0852. The van der Waals surface area contributed by atoms with Crippen molar-refractivity contribution in [1.82, 2.24) is 5.32 Å². The highest BCUT2D eigenvalue weighted by molar-refractivity contribution is 5.76. The van der Waals surface area contributed by atoms with Crippen LogP contribution >= 0.6 is 0 Å². The van der Waals surface area contributed by atoms with Crippen molar-refractivity contribution in [3.63, 3.8) is 0 Å². The summed E-state index contributed by atoms with van der Waals surface area (Å²) < 4.78 is 33.9. The number of aliphatic hydroxyl groups excluding tert-OH is 11. The van der Waals surface area contributed by atoms with Gasteiger partial charge in [-0.3, -0.25) is 4.79 Å². The van der Waals surface area contributed by atoms with Crippen molar-refractivity contribution in [2.75, 3.05) is 26.4 Å². The number of hydrogen-bond donors (Lipinski definition) is 12. The Morgan fingerprint density at radius 1 is 0.556 bits per heavy atom. The van der Waals surface area contributed by atoms with Gasteiger partial charge in [0.2, 0.25) is 5.91 Å². The van der Waals surface area contributed by atoms with E-state index in [4.69, 9.17) is 28.4 Å². The second-order valence-corrected chi connectivity index (χ2v) is 17.2. The first-order chi connectivity index (χ1) is 30.3. The number of amides is 1. The van der Waals surface area contributed by atoms with Gasteiger partial charge in [-0.2, -0.15) is 0 Å². The van der Waals surface area contributed by atoms with Gasteiger partial charge in [0.05, 0.1) is 38.6 Å². The highest BCUT2D eigenvalue weighted by Gasteiger charge is 2.53. The van der Waals surface area contributed by atoms with Gasteiger partial charge in [0.25, 0.3) is 0 Å². The summed E-state index contributed by atoms with van der Waals surface area (Å²) in [6.07, 6.45) is -4.48. The van der Waals surface area contributed by atoms with Crippen LogP contribution in [0.5, 0.6) is 0 Å². The maximum absolute atomic E-state index is 13.0. The molecule has 17 atom stereocenters. The van der Waals surface area contributed by atoms with E-state index in [0.29, 0.717) is 6.42 Å². The molecule has 3 rings (SSSR count). The number of unbranched alkanes of at least 4 members (excludes halogenated alkanes) is 15. The topological polar surface area (TPSA) is 307 Å². The molecule has 3 aliphatic heterocycles. The van der Waals surface area contributed by atoms with Crippen LogP contribution in [0, 0.1) is 0 Å². The zero-order chi connectivity index (χ0) is 46.3. The number of allylic oxidation sites excluding steroid dienone is 1. The van der Waals surface area contributed by atoms with Gasteiger partial charge in [0.15, 0.2) is 18.9 Å². The van der Waals surface area contributed by atoms with Crippen molar-refractivity contribution >= 4 is 5.91 Å². The van der Waals surface area contributed by atoms with Crippen LogP contribution in [-0.4, -0.2) is 193 Å². The summed E-state index contributed by atoms with van der Waals surface area (Å²) in [4.78, 5) is 13.0. The van der Waals surface area contributed by atoms with Crippen LogP contribution in [-0.2, 0) is 33.2 Å². The summed E-state index contributed by atoms with van der Waals surface area (Å²) >= 11 is 0. The molecule has 0 aromatic heterocycles. The molecule has 17 unspecified atom stereocenters. The van der Waals surface area contributed by atoms with E-state index in [1.54, 1.807) is 6.08 Å². The lowest BCUT2D eigenvalue weighted by atomic mass is 9.96. The Morgan fingerprint density at radius 2 is 0.984 bits per heavy atom. The van der Waals surface area contributed by atoms with E-state index in [1.165, 1.54) is 44.9 Å². The number of carbonyl (C=O) groups is 1. The van der Waals surface area contributed by atoms with Crippen LogP contribution in [0.3, 0.4) is 0 Å². The lowest BCUT2D eigenvalue weighted by Crippen LogP contribution is -2.66. The molecule has 12 N–H and O–H groups in total. The van der Waals surface area contributed by atoms with E-state index in [9.17, 15) is 61.0 Å². The first kappa shape index (κ1) is 55.9. The third-order valence-corrected chi connectivity index (χ3v) is 12.1. The van der Waals surface area contributed by atoms with Gasteiger partial charge in [-0.1, -0.05) is 116 Å². The predicted molar refractivity (Wildman–Crippen MR) is 227 cm³/mol. The SMILES string of the molecule is CCCCCCCCCCC/C=C/C(O)C(COC1OC(CO)C(OC2OC(CO)C(OC3OC(CO)C(O)C(O)C3O)C(O)C2O)C(O)C1O)NC(=O)CCCCCCCCC. The number of hydrogen-bond acceptors (Lipinski definition) is 18. The van der Waals surface area contributed by atoms with Crippen LogP contribution in [0.2, 0.25) is 0 Å². The Bertz CT molecular complexity index is 1230. The Balaban J connectivity index is 1.60. The van der Waals surface area contributed by atoms with Crippen molar-refractivity contribution in [2.45, 2.75) is 234 Å². The number of rotatable bonds is 31. The molecule has 19 nitrogen and oxygen atoms in total. The molecular formula is C44H81NO18. The second-order valence-electron chi connectivity index (χ2n) is 17.2. The average molecular weight is 912 g/mol. The quantitative estimate of drug-likeness (QED) is 0.0320. The molecule has 0 aromatic rings. The monoisotopic (exact) mass is 912 g/mol. The van der Waals surface area contributed by atoms with Gasteiger partial charge in [0.1, 0.15) is 73.2 Å². The van der Waals surface area contributed by atoms with E-state index >= 15 is 0 Å². The fourth-order valence-electron chi connectivity index (χ4n) is 8.07. The number of nitrogens with one attached hydrogen (secondary N) is 1. The van der Waals surface area contributed by atoms with E-state index in [1.807, 2.05) is 6.08 Å². The Morgan fingerprint density at radius 3 is 1.49 bits per heavy atom. The summed E-state index contributed by atoms with van der Waals surface area (Å²) in [6.45, 7) is 1.59. The lowest BCUT2D eigenvalue weighted by Gasteiger charge is -2.48. The molecule has 0 aliphatic carbocycles. The van der Waals surface area contributed by atoms with Crippen LogP contribution < -0.4 is 5.32 Å². The molecule has 0 spiro atoms. The van der Waals surface area contributed by atoms with E-state index in [0.717, 1.165) is 57.8 Å². The molecule has 0 aromatic carbocycles. The number of ether oxygens (including phenoxy) is 6. The molecule has 370 valence electrons. The van der Waals surface area contributed by atoms with Crippen LogP contribution in [0.1, 0.15) is 129 Å². The number of aliphatic hydroxyl groups is 11. The van der Waals surface area contributed by atoms with E-state index in [-0.39, 0.29) is 18.9 Å². The summed E-state index contributed by atoms with van der Waals surface area (Å²) in [5.41, 5.74) is 0. The molecule has 3 aliphatic rings. The van der Waals surface area contributed by atoms with Crippen molar-refractivity contribution in [1.29, 1.82) is 0 Å². The van der Waals surface area contributed by atoms with Crippen molar-refractivity contribution in [2.24, 2.45) is 0 Å². The fourth-order valence-corrected chi connectivity index (χ4v) is 8.07. The summed E-state index contributed by atoms with van der Waals surface area (Å²) in [5.74, 6) is -0.286. The Hall–Kier alpha value is -1.47. The highest BCUT2D eigenvalue weighted by Crippen LogP contribution is 2.33. The number of carbonyl (C=O) groups excluding carboxylic acids is 1. The standard InChI is InChI=1S/C44H81NO18/c1-3-5-7-9-11-12-13-14-16-17-19-21-28(49)27(45-32(50)22-20-18-15-10-8-6-4-2)26-58-42-38(56)35(53)40(30(24-47)60-42)63-44-39(57)36(54)41(31(25-48)61-44)62-43-37(55)34(52)33(51)29(23-46)59-43/h19,21,27-31,33-44,46-49,51-57H,3-18,20,22-26H2,1-2H3,(H,45,50)/b21-19+. The summed E-state index contributed by atoms with van der Waals surface area (Å²) in [7, 11) is 0. The zero-order valence-electron chi connectivity index (χ0n) is 37.3.